The molecule has 0 fully saturated rings. The van der Waals surface area contributed by atoms with Gasteiger partial charge in [-0.2, -0.15) is 13.2 Å². The van der Waals surface area contributed by atoms with E-state index in [1.54, 1.807) is 24.3 Å². The second-order valence-electron chi connectivity index (χ2n) is 6.59. The summed E-state index contributed by atoms with van der Waals surface area (Å²) in [5.41, 5.74) is -0.553. The van der Waals surface area contributed by atoms with E-state index in [0.29, 0.717) is 24.1 Å². The lowest BCUT2D eigenvalue weighted by Crippen LogP contribution is -2.15. The fraction of sp³-hybridized carbons (Fsp3) is 0.136. The number of nitrogens with one attached hydrogen (secondary N) is 2. The van der Waals surface area contributed by atoms with E-state index >= 15 is 0 Å². The summed E-state index contributed by atoms with van der Waals surface area (Å²) in [6.45, 7) is 2.23. The van der Waals surface area contributed by atoms with Gasteiger partial charge in [-0.1, -0.05) is 18.2 Å². The summed E-state index contributed by atoms with van der Waals surface area (Å²) in [5.74, 6) is 0.0137. The molecule has 0 aliphatic rings. The first-order valence-corrected chi connectivity index (χ1v) is 10.9. The molecule has 0 radical (unpaired) electrons. The number of carbonyl (C=O) groups excluding carboxylic acids is 1. The quantitative estimate of drug-likeness (QED) is 0.506. The summed E-state index contributed by atoms with van der Waals surface area (Å²) in [6, 6.07) is 15.7. The van der Waals surface area contributed by atoms with Crippen LogP contribution in [0.25, 0.3) is 0 Å². The van der Waals surface area contributed by atoms with Gasteiger partial charge >= 0.3 is 6.18 Å². The zero-order valence-corrected chi connectivity index (χ0v) is 17.6. The molecule has 168 valence electrons. The van der Waals surface area contributed by atoms with E-state index in [1.165, 1.54) is 30.3 Å². The third-order valence-electron chi connectivity index (χ3n) is 4.30. The van der Waals surface area contributed by atoms with E-state index in [1.807, 2.05) is 6.92 Å². The smallest absolute Gasteiger partial charge is 0.416 e. The van der Waals surface area contributed by atoms with Crippen LogP contribution in [0.5, 0.6) is 5.75 Å². The Morgan fingerprint density at radius 3 is 2.31 bits per heavy atom. The molecule has 32 heavy (non-hydrogen) atoms. The van der Waals surface area contributed by atoms with Gasteiger partial charge in [-0.15, -0.1) is 0 Å². The molecule has 0 spiro atoms. The summed E-state index contributed by atoms with van der Waals surface area (Å²) in [6.07, 6.45) is -4.60. The van der Waals surface area contributed by atoms with Crippen LogP contribution in [0.3, 0.4) is 0 Å². The first kappa shape index (κ1) is 23.1. The highest BCUT2D eigenvalue weighted by Gasteiger charge is 2.30. The Bertz CT molecular complexity index is 1210. The molecule has 2 N–H and O–H groups in total. The van der Waals surface area contributed by atoms with Gasteiger partial charge in [-0.3, -0.25) is 9.52 Å². The van der Waals surface area contributed by atoms with Crippen molar-refractivity contribution >= 4 is 27.3 Å². The molecule has 10 heteroatoms. The van der Waals surface area contributed by atoms with Gasteiger partial charge < -0.3 is 10.1 Å². The average molecular weight is 464 g/mol. The molecule has 0 saturated heterocycles. The monoisotopic (exact) mass is 464 g/mol. The molecule has 3 aromatic carbocycles. The number of amides is 1. The van der Waals surface area contributed by atoms with Crippen LogP contribution in [-0.2, 0) is 16.2 Å². The molecule has 0 saturated carbocycles. The van der Waals surface area contributed by atoms with Crippen molar-refractivity contribution in [2.45, 2.75) is 18.0 Å². The van der Waals surface area contributed by atoms with Crippen LogP contribution in [0.2, 0.25) is 0 Å². The van der Waals surface area contributed by atoms with Gasteiger partial charge in [0.25, 0.3) is 15.9 Å². The number of alkyl halides is 3. The maximum Gasteiger partial charge on any atom is 0.416 e. The summed E-state index contributed by atoms with van der Waals surface area (Å²) in [5, 5.41) is 2.69. The van der Waals surface area contributed by atoms with E-state index < -0.39 is 27.7 Å². The fourth-order valence-electron chi connectivity index (χ4n) is 2.80. The van der Waals surface area contributed by atoms with Gasteiger partial charge in [-0.25, -0.2) is 8.42 Å². The van der Waals surface area contributed by atoms with E-state index in [0.717, 1.165) is 12.1 Å². The number of para-hydroxylation sites is 2. The molecule has 3 aromatic rings. The van der Waals surface area contributed by atoms with E-state index in [4.69, 9.17) is 4.74 Å². The molecule has 0 aliphatic carbocycles. The van der Waals surface area contributed by atoms with Crippen LogP contribution >= 0.6 is 0 Å². The Balaban J connectivity index is 1.75. The zero-order valence-electron chi connectivity index (χ0n) is 16.8. The number of hydrogen-bond acceptors (Lipinski definition) is 4. The second-order valence-corrected chi connectivity index (χ2v) is 8.27. The third-order valence-corrected chi connectivity index (χ3v) is 5.70. The number of ether oxygens (including phenoxy) is 1. The SMILES string of the molecule is CCOc1ccccc1NC(=O)c1ccc(S(=O)(=O)Nc2cccc(C(F)(F)F)c2)cc1. The minimum absolute atomic E-state index is 0.189. The number of hydrogen-bond donors (Lipinski definition) is 2. The topological polar surface area (TPSA) is 84.5 Å². The largest absolute Gasteiger partial charge is 0.492 e. The van der Waals surface area contributed by atoms with Crippen LogP contribution in [0, 0.1) is 0 Å². The Kier molecular flexibility index (Phi) is 6.73. The van der Waals surface area contributed by atoms with Crippen LogP contribution in [0.1, 0.15) is 22.8 Å². The van der Waals surface area contributed by atoms with Crippen molar-refractivity contribution in [2.75, 3.05) is 16.6 Å². The Labute approximate surface area is 183 Å². The Hall–Kier alpha value is -3.53. The number of anilines is 2. The van der Waals surface area contributed by atoms with Gasteiger partial charge in [0.2, 0.25) is 0 Å². The summed E-state index contributed by atoms with van der Waals surface area (Å²) in [4.78, 5) is 12.3. The molecule has 1 amide bonds. The minimum Gasteiger partial charge on any atom is -0.492 e. The van der Waals surface area contributed by atoms with Crippen molar-refractivity contribution < 1.29 is 31.1 Å². The number of sulfonamides is 1. The molecule has 0 bridgehead atoms. The number of benzene rings is 3. The first-order valence-electron chi connectivity index (χ1n) is 9.43. The lowest BCUT2D eigenvalue weighted by atomic mass is 10.2. The van der Waals surface area contributed by atoms with Crippen LogP contribution in [-0.4, -0.2) is 20.9 Å². The number of carbonyl (C=O) groups is 1. The van der Waals surface area contributed by atoms with Gasteiger partial charge in [0.1, 0.15) is 5.75 Å². The standard InChI is InChI=1S/C22H19F3N2O4S/c1-2-31-20-9-4-3-8-19(20)26-21(28)15-10-12-18(13-11-15)32(29,30)27-17-7-5-6-16(14-17)22(23,24)25/h3-14,27H,2H2,1H3,(H,26,28). The highest BCUT2D eigenvalue weighted by molar-refractivity contribution is 7.92. The fourth-order valence-corrected chi connectivity index (χ4v) is 3.85. The molecule has 6 nitrogen and oxygen atoms in total. The van der Waals surface area contributed by atoms with Crippen molar-refractivity contribution in [2.24, 2.45) is 0 Å². The Morgan fingerprint density at radius 1 is 0.969 bits per heavy atom. The van der Waals surface area contributed by atoms with Gasteiger partial charge in [0.15, 0.2) is 0 Å². The second kappa shape index (κ2) is 9.31. The predicted molar refractivity (Wildman–Crippen MR) is 114 cm³/mol. The molecule has 0 unspecified atom stereocenters. The molecular formula is C22H19F3N2O4S. The molecule has 0 heterocycles. The summed E-state index contributed by atoms with van der Waals surface area (Å²) < 4.78 is 71.2. The van der Waals surface area contributed by atoms with Crippen molar-refractivity contribution in [3.05, 3.63) is 83.9 Å². The van der Waals surface area contributed by atoms with Gasteiger partial charge in [0.05, 0.1) is 22.8 Å². The highest BCUT2D eigenvalue weighted by Crippen LogP contribution is 2.31. The maximum absolute atomic E-state index is 12.8. The molecular weight excluding hydrogens is 445 g/mol. The van der Waals surface area contributed by atoms with Crippen molar-refractivity contribution in [1.29, 1.82) is 0 Å². The normalized spacial score (nSPS) is 11.6. The lowest BCUT2D eigenvalue weighted by Gasteiger charge is -2.12. The molecule has 0 aromatic heterocycles. The third kappa shape index (κ3) is 5.58. The zero-order chi connectivity index (χ0) is 23.4. The predicted octanol–water partition coefficient (Wildman–Crippen LogP) is 5.16. The summed E-state index contributed by atoms with van der Waals surface area (Å²) in [7, 11) is -4.16. The molecule has 3 rings (SSSR count). The number of halogens is 3. The van der Waals surface area contributed by atoms with Crippen molar-refractivity contribution in [1.82, 2.24) is 0 Å². The van der Waals surface area contributed by atoms with E-state index in [-0.39, 0.29) is 16.1 Å². The van der Waals surface area contributed by atoms with Crippen LogP contribution in [0.15, 0.2) is 77.7 Å². The van der Waals surface area contributed by atoms with Gasteiger partial charge in [0, 0.05) is 11.3 Å². The van der Waals surface area contributed by atoms with Crippen LogP contribution < -0.4 is 14.8 Å². The molecule has 0 atom stereocenters. The average Bonchev–Trinajstić information content (AvgIpc) is 2.75. The van der Waals surface area contributed by atoms with Crippen molar-refractivity contribution in [3.63, 3.8) is 0 Å². The minimum atomic E-state index is -4.60. The first-order chi connectivity index (χ1) is 15.1. The van der Waals surface area contributed by atoms with Crippen molar-refractivity contribution in [3.8, 4) is 5.75 Å². The highest BCUT2D eigenvalue weighted by atomic mass is 32.2. The van der Waals surface area contributed by atoms with E-state index in [2.05, 4.69) is 10.0 Å². The maximum atomic E-state index is 12.8. The van der Waals surface area contributed by atoms with E-state index in [9.17, 15) is 26.4 Å². The summed E-state index contributed by atoms with van der Waals surface area (Å²) >= 11 is 0. The molecule has 0 aliphatic heterocycles. The number of rotatable bonds is 7. The Morgan fingerprint density at radius 2 is 1.66 bits per heavy atom. The van der Waals surface area contributed by atoms with Gasteiger partial charge in [-0.05, 0) is 61.5 Å². The van der Waals surface area contributed by atoms with Crippen LogP contribution in [0.4, 0.5) is 24.5 Å². The lowest BCUT2D eigenvalue weighted by molar-refractivity contribution is -0.137.